The largest absolute Gasteiger partial charge is 1.00 e. The molecule has 0 amide bonds. The number of carbonyl (C=O) groups excluding carboxylic acids is 1. The van der Waals surface area contributed by atoms with Gasteiger partial charge in [-0.1, -0.05) is 45.4 Å². The molecule has 0 radical (unpaired) electrons. The Morgan fingerprint density at radius 3 is 2.26 bits per heavy atom. The molecule has 0 bridgehead atoms. The lowest BCUT2D eigenvalue weighted by Crippen LogP contribution is -3.00. The van der Waals surface area contributed by atoms with Gasteiger partial charge in [-0.3, -0.25) is 0 Å². The fraction of sp³-hybridized carbons (Fsp3) is 0.688. The molecule has 0 aromatic carbocycles. The Hall–Kier alpha value is -0.660. The summed E-state index contributed by atoms with van der Waals surface area (Å²) >= 11 is 0. The third-order valence-corrected chi connectivity index (χ3v) is 3.41. The molecule has 3 heteroatoms. The highest BCUT2D eigenvalue weighted by Crippen LogP contribution is 2.09. The van der Waals surface area contributed by atoms with Crippen molar-refractivity contribution < 1.29 is 26.4 Å². The van der Waals surface area contributed by atoms with Crippen LogP contribution in [0.3, 0.4) is 0 Å². The van der Waals surface area contributed by atoms with Crippen molar-refractivity contribution >= 4 is 12.2 Å². The van der Waals surface area contributed by atoms with Gasteiger partial charge in [0.2, 0.25) is 0 Å². The van der Waals surface area contributed by atoms with E-state index in [9.17, 15) is 4.79 Å². The maximum atomic E-state index is 10.4. The number of halogens is 1. The molecule has 0 N–H and O–H groups in total. The first kappa shape index (κ1) is 18.3. The van der Waals surface area contributed by atoms with E-state index in [-0.39, 0.29) is 17.0 Å². The van der Waals surface area contributed by atoms with Crippen molar-refractivity contribution in [2.24, 2.45) is 0 Å². The summed E-state index contributed by atoms with van der Waals surface area (Å²) in [7, 11) is 0. The van der Waals surface area contributed by atoms with Gasteiger partial charge in [-0.2, -0.15) is 0 Å². The quantitative estimate of drug-likeness (QED) is 0.350. The minimum Gasteiger partial charge on any atom is -1.00 e. The van der Waals surface area contributed by atoms with Crippen LogP contribution in [0.1, 0.15) is 64.7 Å². The van der Waals surface area contributed by atoms with E-state index < -0.39 is 0 Å². The number of hydrogen-bond donors (Lipinski definition) is 0. The van der Waals surface area contributed by atoms with Gasteiger partial charge < -0.3 is 17.0 Å². The van der Waals surface area contributed by atoms with Gasteiger partial charge in [0.15, 0.2) is 6.20 Å². The van der Waals surface area contributed by atoms with Gasteiger partial charge >= 0.3 is 0 Å². The fourth-order valence-electron chi connectivity index (χ4n) is 2.20. The Bertz CT molecular complexity index is 341. The summed E-state index contributed by atoms with van der Waals surface area (Å²) in [5.41, 5.74) is 0.752. The average molecular weight is 328 g/mol. The zero-order valence-corrected chi connectivity index (χ0v) is 13.6. The highest BCUT2D eigenvalue weighted by Gasteiger charge is 2.07. The zero-order valence-electron chi connectivity index (χ0n) is 12.0. The monoisotopic (exact) mass is 327 g/mol. The third kappa shape index (κ3) is 8.96. The fourth-order valence-corrected chi connectivity index (χ4v) is 2.20. The summed E-state index contributed by atoms with van der Waals surface area (Å²) in [4.78, 5) is 10.4. The van der Waals surface area contributed by atoms with Gasteiger partial charge in [0.05, 0.1) is 12.0 Å². The lowest BCUT2D eigenvalue weighted by atomic mass is 10.1. The molecule has 108 valence electrons. The van der Waals surface area contributed by atoms with Crippen LogP contribution in [0, 0.1) is 0 Å². The summed E-state index contributed by atoms with van der Waals surface area (Å²) in [6.45, 7) is 3.34. The highest BCUT2D eigenvalue weighted by molar-refractivity contribution is 5.69. The van der Waals surface area contributed by atoms with E-state index in [1.165, 1.54) is 51.4 Å². The summed E-state index contributed by atoms with van der Waals surface area (Å²) in [6.07, 6.45) is 17.5. The number of hydrogen-bond acceptors (Lipinski definition) is 1. The van der Waals surface area contributed by atoms with Gasteiger partial charge in [-0.15, -0.1) is 0 Å². The van der Waals surface area contributed by atoms with Crippen molar-refractivity contribution in [3.8, 4) is 0 Å². The van der Waals surface area contributed by atoms with Crippen molar-refractivity contribution in [2.45, 2.75) is 64.7 Å². The maximum Gasteiger partial charge on any atom is 0.169 e. The van der Waals surface area contributed by atoms with Crippen LogP contribution >= 0.6 is 0 Å². The lowest BCUT2D eigenvalue weighted by molar-refractivity contribution is -0.454. The van der Waals surface area contributed by atoms with Crippen LogP contribution in [-0.2, 0) is 4.79 Å². The second kappa shape index (κ2) is 12.4. The first-order chi connectivity index (χ1) is 8.86. The molecule has 0 fully saturated rings. The normalized spacial score (nSPS) is 13.7. The molecule has 2 nitrogen and oxygen atoms in total. The number of allylic oxidation sites excluding steroid dienone is 2. The predicted octanol–water partition coefficient (Wildman–Crippen LogP) is 0.890. The zero-order chi connectivity index (χ0) is 13.1. The second-order valence-corrected chi connectivity index (χ2v) is 5.04. The van der Waals surface area contributed by atoms with Gasteiger partial charge in [-0.25, -0.2) is 9.37 Å². The maximum absolute atomic E-state index is 10.4. The van der Waals surface area contributed by atoms with Crippen molar-refractivity contribution in [2.75, 3.05) is 6.54 Å². The molecule has 1 aliphatic heterocycles. The topological polar surface area (TPSA) is 20.1 Å². The average Bonchev–Trinajstić information content (AvgIpc) is 2.42. The molecular weight excluding hydrogens is 302 g/mol. The van der Waals surface area contributed by atoms with Crippen molar-refractivity contribution in [3.05, 3.63) is 17.8 Å². The van der Waals surface area contributed by atoms with E-state index in [4.69, 9.17) is 0 Å². The molecule has 0 aromatic heterocycles. The van der Waals surface area contributed by atoms with E-state index >= 15 is 0 Å². The van der Waals surface area contributed by atoms with Crippen LogP contribution < -0.4 is 17.0 Å². The van der Waals surface area contributed by atoms with Crippen molar-refractivity contribution in [1.82, 2.24) is 0 Å². The lowest BCUT2D eigenvalue weighted by Gasteiger charge is -2.03. The van der Waals surface area contributed by atoms with E-state index in [1.54, 1.807) is 0 Å². The smallest absolute Gasteiger partial charge is 0.169 e. The molecule has 1 heterocycles. The SMILES string of the molecule is CCCCCCCCCC[N+]1=CCC(=C=O)C=C1.[Br-]. The summed E-state index contributed by atoms with van der Waals surface area (Å²) in [5.74, 6) is 1.95. The highest BCUT2D eigenvalue weighted by atomic mass is 79.9. The molecule has 0 atom stereocenters. The van der Waals surface area contributed by atoms with E-state index in [0.29, 0.717) is 0 Å². The van der Waals surface area contributed by atoms with Crippen LogP contribution in [0.2, 0.25) is 0 Å². The van der Waals surface area contributed by atoms with Crippen LogP contribution in [0.25, 0.3) is 0 Å². The van der Waals surface area contributed by atoms with Crippen LogP contribution in [0.4, 0.5) is 0 Å². The van der Waals surface area contributed by atoms with Crippen LogP contribution in [0.5, 0.6) is 0 Å². The van der Waals surface area contributed by atoms with Crippen molar-refractivity contribution in [1.29, 1.82) is 0 Å². The summed E-state index contributed by atoms with van der Waals surface area (Å²) < 4.78 is 2.19. The molecule has 1 aliphatic rings. The minimum atomic E-state index is 0. The molecule has 0 aromatic rings. The first-order valence-electron chi connectivity index (χ1n) is 7.38. The van der Waals surface area contributed by atoms with Gasteiger partial charge in [0, 0.05) is 12.5 Å². The molecular formula is C16H26BrNO. The predicted molar refractivity (Wildman–Crippen MR) is 76.8 cm³/mol. The van der Waals surface area contributed by atoms with Gasteiger partial charge in [0.1, 0.15) is 18.7 Å². The minimum absolute atomic E-state index is 0. The third-order valence-electron chi connectivity index (χ3n) is 3.41. The molecule has 0 aliphatic carbocycles. The number of nitrogens with zero attached hydrogens (tertiary/aromatic N) is 1. The van der Waals surface area contributed by atoms with Crippen molar-refractivity contribution in [3.63, 3.8) is 0 Å². The Morgan fingerprint density at radius 1 is 1.11 bits per heavy atom. The first-order valence-corrected chi connectivity index (χ1v) is 7.38. The Labute approximate surface area is 128 Å². The molecule has 0 unspecified atom stereocenters. The van der Waals surface area contributed by atoms with Gasteiger partial charge in [-0.05, 0) is 6.42 Å². The van der Waals surface area contributed by atoms with E-state index in [1.807, 2.05) is 18.2 Å². The Morgan fingerprint density at radius 2 is 1.74 bits per heavy atom. The molecule has 0 saturated carbocycles. The standard InChI is InChI=1S/C16H26NO.BrH/c1-2-3-4-5-6-7-8-9-12-17-13-10-16(15-18)11-14-17;/h10,13-14H,2-9,11-12H2,1H3;1H/q+1;/p-1. The summed E-state index contributed by atoms with van der Waals surface area (Å²) in [5, 5.41) is 0. The molecule has 0 spiro atoms. The van der Waals surface area contributed by atoms with Crippen LogP contribution in [-0.4, -0.2) is 23.3 Å². The number of unbranched alkanes of at least 4 members (excludes halogenated alkanes) is 7. The van der Waals surface area contributed by atoms with E-state index in [2.05, 4.69) is 17.7 Å². The molecule has 1 rings (SSSR count). The number of rotatable bonds is 9. The van der Waals surface area contributed by atoms with Crippen LogP contribution in [0.15, 0.2) is 17.8 Å². The Balaban J connectivity index is 0.00000324. The summed E-state index contributed by atoms with van der Waals surface area (Å²) in [6, 6.07) is 0. The van der Waals surface area contributed by atoms with Gasteiger partial charge in [0.25, 0.3) is 0 Å². The van der Waals surface area contributed by atoms with E-state index in [0.717, 1.165) is 18.5 Å². The Kier molecular flexibility index (Phi) is 11.9. The molecule has 0 saturated heterocycles. The second-order valence-electron chi connectivity index (χ2n) is 5.04. The molecule has 19 heavy (non-hydrogen) atoms.